The molecule has 0 aliphatic heterocycles. The van der Waals surface area contributed by atoms with Crippen molar-refractivity contribution < 1.29 is 5.11 Å². The van der Waals surface area contributed by atoms with Gasteiger partial charge in [0.05, 0.1) is 6.10 Å². The maximum Gasteiger partial charge on any atom is 0.0781 e. The highest BCUT2D eigenvalue weighted by atomic mass is 16.3. The van der Waals surface area contributed by atoms with Crippen LogP contribution in [0.3, 0.4) is 0 Å². The zero-order valence-corrected chi connectivity index (χ0v) is 13.4. The Morgan fingerprint density at radius 2 is 1.95 bits per heavy atom. The third-order valence-corrected chi connectivity index (χ3v) is 3.71. The minimum atomic E-state index is -0.391. The molecule has 1 aromatic rings. The smallest absolute Gasteiger partial charge is 0.0781 e. The molecule has 0 bridgehead atoms. The van der Waals surface area contributed by atoms with Crippen molar-refractivity contribution in [3.63, 3.8) is 0 Å². The van der Waals surface area contributed by atoms with Gasteiger partial charge in [-0.1, -0.05) is 61.6 Å². The van der Waals surface area contributed by atoms with Crippen LogP contribution in [0.25, 0.3) is 0 Å². The lowest BCUT2D eigenvalue weighted by atomic mass is 9.95. The van der Waals surface area contributed by atoms with Gasteiger partial charge < -0.3 is 5.11 Å². The van der Waals surface area contributed by atoms with Crippen molar-refractivity contribution in [2.24, 2.45) is 5.92 Å². The zero-order valence-electron chi connectivity index (χ0n) is 13.4. The largest absolute Gasteiger partial charge is 0.388 e. The first-order valence-corrected chi connectivity index (χ1v) is 7.70. The van der Waals surface area contributed by atoms with Crippen LogP contribution in [0.1, 0.15) is 38.7 Å². The number of hydrogen-bond donors (Lipinski definition) is 1. The standard InChI is InChI=1S/C20H28O/c1-5-9-20(21)18(4)14-16(2)12-13-17(3)15-19-10-7-6-8-11-19/h5-8,10-11,14,16,20-21H,1,3,9,12-13,15H2,2,4H3. The second-order valence-corrected chi connectivity index (χ2v) is 5.88. The molecule has 1 nitrogen and oxygen atoms in total. The monoisotopic (exact) mass is 284 g/mol. The van der Waals surface area contributed by atoms with Crippen molar-refractivity contribution in [3.05, 3.63) is 72.4 Å². The third-order valence-electron chi connectivity index (χ3n) is 3.71. The normalized spacial score (nSPS) is 14.5. The van der Waals surface area contributed by atoms with Gasteiger partial charge in [0.15, 0.2) is 0 Å². The first-order chi connectivity index (χ1) is 10.0. The van der Waals surface area contributed by atoms with E-state index in [0.717, 1.165) is 24.8 Å². The van der Waals surface area contributed by atoms with Crippen LogP contribution in [0.15, 0.2) is 66.8 Å². The number of aliphatic hydroxyl groups is 1. The van der Waals surface area contributed by atoms with Gasteiger partial charge in [-0.3, -0.25) is 0 Å². The van der Waals surface area contributed by atoms with E-state index in [2.05, 4.69) is 50.4 Å². The number of rotatable bonds is 9. The first kappa shape index (κ1) is 17.5. The van der Waals surface area contributed by atoms with Crippen molar-refractivity contribution in [2.45, 2.75) is 45.6 Å². The molecule has 0 radical (unpaired) electrons. The fourth-order valence-corrected chi connectivity index (χ4v) is 2.39. The molecule has 0 heterocycles. The molecule has 1 heteroatoms. The number of aliphatic hydroxyl groups excluding tert-OH is 1. The van der Waals surface area contributed by atoms with Gasteiger partial charge in [0.25, 0.3) is 0 Å². The Balaban J connectivity index is 2.38. The van der Waals surface area contributed by atoms with E-state index in [-0.39, 0.29) is 0 Å². The van der Waals surface area contributed by atoms with Gasteiger partial charge in [-0.2, -0.15) is 0 Å². The molecule has 1 rings (SSSR count). The summed E-state index contributed by atoms with van der Waals surface area (Å²) in [7, 11) is 0. The second kappa shape index (κ2) is 9.36. The summed E-state index contributed by atoms with van der Waals surface area (Å²) in [6, 6.07) is 10.5. The van der Waals surface area contributed by atoms with E-state index in [1.807, 2.05) is 13.0 Å². The summed E-state index contributed by atoms with van der Waals surface area (Å²) in [6.45, 7) is 12.0. The topological polar surface area (TPSA) is 20.2 Å². The molecule has 0 spiro atoms. The predicted molar refractivity (Wildman–Crippen MR) is 92.3 cm³/mol. The van der Waals surface area contributed by atoms with E-state index in [1.165, 1.54) is 11.1 Å². The van der Waals surface area contributed by atoms with Gasteiger partial charge in [0.2, 0.25) is 0 Å². The Hall–Kier alpha value is -1.60. The predicted octanol–water partition coefficient (Wildman–Crippen LogP) is 5.08. The summed E-state index contributed by atoms with van der Waals surface area (Å²) in [5.41, 5.74) is 3.63. The van der Waals surface area contributed by atoms with Crippen LogP contribution in [0.2, 0.25) is 0 Å². The Morgan fingerprint density at radius 1 is 1.29 bits per heavy atom. The van der Waals surface area contributed by atoms with Crippen LogP contribution in [-0.2, 0) is 6.42 Å². The molecule has 0 amide bonds. The van der Waals surface area contributed by atoms with Gasteiger partial charge >= 0.3 is 0 Å². The minimum absolute atomic E-state index is 0.391. The SMILES string of the molecule is C=CCC(O)C(C)=CC(C)CCC(=C)Cc1ccccc1. The molecule has 2 unspecified atom stereocenters. The summed E-state index contributed by atoms with van der Waals surface area (Å²) in [5, 5.41) is 9.88. The molecular formula is C20H28O. The lowest BCUT2D eigenvalue weighted by molar-refractivity contribution is 0.213. The van der Waals surface area contributed by atoms with Gasteiger partial charge in [-0.15, -0.1) is 6.58 Å². The molecule has 1 N–H and O–H groups in total. The molecular weight excluding hydrogens is 256 g/mol. The van der Waals surface area contributed by atoms with Crippen LogP contribution in [0, 0.1) is 5.92 Å². The second-order valence-electron chi connectivity index (χ2n) is 5.88. The summed E-state index contributed by atoms with van der Waals surface area (Å²) in [4.78, 5) is 0. The van der Waals surface area contributed by atoms with Crippen LogP contribution in [0.5, 0.6) is 0 Å². The Bertz CT molecular complexity index is 470. The number of benzene rings is 1. The maximum absolute atomic E-state index is 9.88. The van der Waals surface area contributed by atoms with Gasteiger partial charge in [0, 0.05) is 0 Å². The lowest BCUT2D eigenvalue weighted by Crippen LogP contribution is -2.08. The molecule has 0 fully saturated rings. The fourth-order valence-electron chi connectivity index (χ4n) is 2.39. The average Bonchev–Trinajstić information content (AvgIpc) is 2.46. The highest BCUT2D eigenvalue weighted by Gasteiger charge is 2.07. The zero-order chi connectivity index (χ0) is 15.7. The third kappa shape index (κ3) is 7.10. The Kier molecular flexibility index (Phi) is 7.78. The van der Waals surface area contributed by atoms with Crippen LogP contribution in [0.4, 0.5) is 0 Å². The van der Waals surface area contributed by atoms with E-state index in [1.54, 1.807) is 6.08 Å². The number of hydrogen-bond acceptors (Lipinski definition) is 1. The van der Waals surface area contributed by atoms with E-state index in [4.69, 9.17) is 0 Å². The van der Waals surface area contributed by atoms with E-state index < -0.39 is 6.10 Å². The summed E-state index contributed by atoms with van der Waals surface area (Å²) in [5.74, 6) is 0.456. The first-order valence-electron chi connectivity index (χ1n) is 7.70. The molecule has 114 valence electrons. The Morgan fingerprint density at radius 3 is 2.57 bits per heavy atom. The van der Waals surface area contributed by atoms with Gasteiger partial charge in [0.1, 0.15) is 0 Å². The molecule has 0 aliphatic carbocycles. The Labute approximate surface area is 129 Å². The quantitative estimate of drug-likeness (QED) is 0.627. The molecule has 0 saturated carbocycles. The fraction of sp³-hybridized carbons (Fsp3) is 0.400. The molecule has 0 aliphatic rings. The lowest BCUT2D eigenvalue weighted by Gasteiger charge is -2.13. The van der Waals surface area contributed by atoms with Crippen molar-refractivity contribution in [1.29, 1.82) is 0 Å². The van der Waals surface area contributed by atoms with Crippen LogP contribution >= 0.6 is 0 Å². The molecule has 2 atom stereocenters. The molecule has 1 aromatic carbocycles. The van der Waals surface area contributed by atoms with Gasteiger partial charge in [-0.25, -0.2) is 0 Å². The van der Waals surface area contributed by atoms with Crippen molar-refractivity contribution >= 4 is 0 Å². The summed E-state index contributed by atoms with van der Waals surface area (Å²) < 4.78 is 0. The van der Waals surface area contributed by atoms with Crippen LogP contribution in [-0.4, -0.2) is 11.2 Å². The average molecular weight is 284 g/mol. The van der Waals surface area contributed by atoms with Crippen molar-refractivity contribution in [3.8, 4) is 0 Å². The number of allylic oxidation sites excluding steroid dienone is 2. The van der Waals surface area contributed by atoms with Crippen molar-refractivity contribution in [1.82, 2.24) is 0 Å². The highest BCUT2D eigenvalue weighted by Crippen LogP contribution is 2.18. The van der Waals surface area contributed by atoms with E-state index >= 15 is 0 Å². The minimum Gasteiger partial charge on any atom is -0.388 e. The highest BCUT2D eigenvalue weighted by molar-refractivity contribution is 5.20. The van der Waals surface area contributed by atoms with E-state index in [0.29, 0.717) is 12.3 Å². The van der Waals surface area contributed by atoms with Crippen molar-refractivity contribution in [2.75, 3.05) is 0 Å². The summed E-state index contributed by atoms with van der Waals surface area (Å²) in [6.07, 6.45) is 7.21. The maximum atomic E-state index is 9.88. The summed E-state index contributed by atoms with van der Waals surface area (Å²) >= 11 is 0. The van der Waals surface area contributed by atoms with E-state index in [9.17, 15) is 5.11 Å². The molecule has 0 aromatic heterocycles. The van der Waals surface area contributed by atoms with Crippen LogP contribution < -0.4 is 0 Å². The molecule has 21 heavy (non-hydrogen) atoms. The van der Waals surface area contributed by atoms with Gasteiger partial charge in [-0.05, 0) is 49.7 Å². The molecule has 0 saturated heterocycles.